The van der Waals surface area contributed by atoms with Crippen molar-refractivity contribution in [3.8, 4) is 17.6 Å². The van der Waals surface area contributed by atoms with E-state index in [9.17, 15) is 4.79 Å². The van der Waals surface area contributed by atoms with Gasteiger partial charge in [-0.3, -0.25) is 0 Å². The lowest BCUT2D eigenvalue weighted by Crippen LogP contribution is -2.06. The topological polar surface area (TPSA) is 80.9 Å². The fraction of sp³-hybridized carbons (Fsp3) is 0.150. The van der Waals surface area contributed by atoms with Gasteiger partial charge in [-0.1, -0.05) is 24.3 Å². The molecule has 6 nitrogen and oxygen atoms in total. The molecule has 0 N–H and O–H groups in total. The van der Waals surface area contributed by atoms with Crippen molar-refractivity contribution in [2.45, 2.75) is 6.92 Å². The van der Waals surface area contributed by atoms with Crippen LogP contribution in [0.5, 0.6) is 11.5 Å². The van der Waals surface area contributed by atoms with Gasteiger partial charge in [0.05, 0.1) is 7.11 Å². The van der Waals surface area contributed by atoms with Crippen molar-refractivity contribution in [1.82, 2.24) is 0 Å². The Morgan fingerprint density at radius 3 is 2.77 bits per heavy atom. The number of cyclic esters (lactones) is 1. The summed E-state index contributed by atoms with van der Waals surface area (Å²) in [7, 11) is 1.50. The second-order valence-electron chi connectivity index (χ2n) is 5.51. The van der Waals surface area contributed by atoms with Gasteiger partial charge in [-0.15, -0.1) is 0 Å². The molecule has 0 bridgehead atoms. The highest BCUT2D eigenvalue weighted by atomic mass is 16.6. The standard InChI is InChI=1S/C20H16N2O4/c1-13-5-3-4-6-15(13)19-22-16(20(23)26-19)11-14-7-8-17(25-10-9-21)18(12-14)24-2/h3-8,11-12H,10H2,1-2H3/b16-11+. The predicted molar refractivity (Wildman–Crippen MR) is 95.9 cm³/mol. The summed E-state index contributed by atoms with van der Waals surface area (Å²) in [4.78, 5) is 16.5. The lowest BCUT2D eigenvalue weighted by atomic mass is 10.1. The number of hydrogen-bond donors (Lipinski definition) is 0. The van der Waals surface area contributed by atoms with Crippen LogP contribution in [0.15, 0.2) is 53.2 Å². The summed E-state index contributed by atoms with van der Waals surface area (Å²) in [6, 6.07) is 14.6. The quantitative estimate of drug-likeness (QED) is 0.612. The van der Waals surface area contributed by atoms with Crippen LogP contribution < -0.4 is 9.47 Å². The van der Waals surface area contributed by atoms with Crippen molar-refractivity contribution in [3.05, 3.63) is 64.9 Å². The molecule has 0 saturated carbocycles. The Bertz CT molecular complexity index is 955. The van der Waals surface area contributed by atoms with E-state index in [0.717, 1.165) is 11.1 Å². The van der Waals surface area contributed by atoms with Gasteiger partial charge in [0.25, 0.3) is 0 Å². The lowest BCUT2D eigenvalue weighted by Gasteiger charge is -2.08. The third-order valence-electron chi connectivity index (χ3n) is 3.78. The summed E-state index contributed by atoms with van der Waals surface area (Å²) in [5.41, 5.74) is 2.66. The zero-order valence-electron chi connectivity index (χ0n) is 14.4. The van der Waals surface area contributed by atoms with Gasteiger partial charge in [0.15, 0.2) is 23.8 Å². The number of ether oxygens (including phenoxy) is 3. The number of esters is 1. The number of benzene rings is 2. The summed E-state index contributed by atoms with van der Waals surface area (Å²) in [5, 5.41) is 8.61. The SMILES string of the molecule is COc1cc(/C=C2/N=C(c3ccccc3C)OC2=O)ccc1OCC#N. The van der Waals surface area contributed by atoms with Gasteiger partial charge in [-0.05, 0) is 42.3 Å². The van der Waals surface area contributed by atoms with Crippen LogP contribution in [-0.2, 0) is 9.53 Å². The van der Waals surface area contributed by atoms with Crippen LogP contribution in [-0.4, -0.2) is 25.6 Å². The van der Waals surface area contributed by atoms with E-state index in [0.29, 0.717) is 23.0 Å². The zero-order chi connectivity index (χ0) is 18.5. The molecule has 26 heavy (non-hydrogen) atoms. The van der Waals surface area contributed by atoms with E-state index in [1.165, 1.54) is 7.11 Å². The molecular weight excluding hydrogens is 332 g/mol. The van der Waals surface area contributed by atoms with Gasteiger partial charge in [-0.2, -0.15) is 5.26 Å². The molecule has 0 atom stereocenters. The summed E-state index contributed by atoms with van der Waals surface area (Å²) >= 11 is 0. The van der Waals surface area contributed by atoms with Crippen LogP contribution >= 0.6 is 0 Å². The molecule has 0 aromatic heterocycles. The number of hydrogen-bond acceptors (Lipinski definition) is 6. The van der Waals surface area contributed by atoms with E-state index < -0.39 is 5.97 Å². The molecule has 6 heteroatoms. The predicted octanol–water partition coefficient (Wildman–Crippen LogP) is 3.25. The number of aryl methyl sites for hydroxylation is 1. The molecule has 0 unspecified atom stereocenters. The first-order valence-electron chi connectivity index (χ1n) is 7.88. The molecule has 1 heterocycles. The van der Waals surface area contributed by atoms with E-state index in [1.807, 2.05) is 37.3 Å². The van der Waals surface area contributed by atoms with Gasteiger partial charge in [-0.25, -0.2) is 9.79 Å². The maximum absolute atomic E-state index is 12.1. The van der Waals surface area contributed by atoms with E-state index in [-0.39, 0.29) is 12.3 Å². The molecule has 1 aliphatic heterocycles. The highest BCUT2D eigenvalue weighted by Crippen LogP contribution is 2.29. The maximum Gasteiger partial charge on any atom is 0.363 e. The molecule has 0 amide bonds. The molecule has 0 radical (unpaired) electrons. The molecular formula is C20H16N2O4. The van der Waals surface area contributed by atoms with E-state index in [1.54, 1.807) is 24.3 Å². The molecule has 0 saturated heterocycles. The lowest BCUT2D eigenvalue weighted by molar-refractivity contribution is -0.129. The van der Waals surface area contributed by atoms with Crippen LogP contribution in [0.2, 0.25) is 0 Å². The average Bonchev–Trinajstić information content (AvgIpc) is 3.01. The van der Waals surface area contributed by atoms with Gasteiger partial charge < -0.3 is 14.2 Å². The molecule has 0 aliphatic carbocycles. The zero-order valence-corrected chi connectivity index (χ0v) is 14.4. The number of methoxy groups -OCH3 is 1. The van der Waals surface area contributed by atoms with Gasteiger partial charge in [0.2, 0.25) is 5.90 Å². The minimum absolute atomic E-state index is 0.0762. The fourth-order valence-electron chi connectivity index (χ4n) is 2.50. The Morgan fingerprint density at radius 1 is 1.23 bits per heavy atom. The molecule has 130 valence electrons. The smallest absolute Gasteiger partial charge is 0.363 e. The van der Waals surface area contributed by atoms with Gasteiger partial charge >= 0.3 is 5.97 Å². The van der Waals surface area contributed by atoms with E-state index in [4.69, 9.17) is 19.5 Å². The summed E-state index contributed by atoms with van der Waals surface area (Å²) < 4.78 is 15.8. The Labute approximate surface area is 151 Å². The second kappa shape index (κ2) is 7.53. The highest BCUT2D eigenvalue weighted by Gasteiger charge is 2.25. The van der Waals surface area contributed by atoms with Crippen molar-refractivity contribution in [1.29, 1.82) is 5.26 Å². The summed E-state index contributed by atoms with van der Waals surface area (Å²) in [6.07, 6.45) is 1.62. The second-order valence-corrected chi connectivity index (χ2v) is 5.51. The first-order chi connectivity index (χ1) is 12.6. The fourth-order valence-corrected chi connectivity index (χ4v) is 2.50. The largest absolute Gasteiger partial charge is 0.493 e. The normalized spacial score (nSPS) is 14.6. The minimum atomic E-state index is -0.507. The van der Waals surface area contributed by atoms with Crippen molar-refractivity contribution < 1.29 is 19.0 Å². The highest BCUT2D eigenvalue weighted by molar-refractivity contribution is 6.13. The number of nitriles is 1. The number of nitrogens with zero attached hydrogens (tertiary/aromatic N) is 2. The van der Waals surface area contributed by atoms with Crippen LogP contribution in [0, 0.1) is 18.3 Å². The monoisotopic (exact) mass is 348 g/mol. The van der Waals surface area contributed by atoms with Crippen LogP contribution in [0.25, 0.3) is 6.08 Å². The molecule has 3 rings (SSSR count). The Hall–Kier alpha value is -3.59. The molecule has 2 aromatic rings. The number of rotatable bonds is 5. The number of carbonyl (C=O) groups is 1. The van der Waals surface area contributed by atoms with Crippen LogP contribution in [0.3, 0.4) is 0 Å². The Balaban J connectivity index is 1.91. The average molecular weight is 348 g/mol. The van der Waals surface area contributed by atoms with E-state index >= 15 is 0 Å². The third-order valence-corrected chi connectivity index (χ3v) is 3.78. The first kappa shape index (κ1) is 17.2. The van der Waals surface area contributed by atoms with Crippen LogP contribution in [0.4, 0.5) is 0 Å². The van der Waals surface area contributed by atoms with Gasteiger partial charge in [0, 0.05) is 5.56 Å². The number of carbonyl (C=O) groups excluding carboxylic acids is 1. The summed E-state index contributed by atoms with van der Waals surface area (Å²) in [6.45, 7) is 1.85. The maximum atomic E-state index is 12.1. The van der Waals surface area contributed by atoms with E-state index in [2.05, 4.69) is 4.99 Å². The Kier molecular flexibility index (Phi) is 4.99. The summed E-state index contributed by atoms with van der Waals surface area (Å²) in [5.74, 6) is 0.700. The number of aliphatic imine (C=N–C) groups is 1. The minimum Gasteiger partial charge on any atom is -0.493 e. The molecule has 0 fully saturated rings. The molecule has 2 aromatic carbocycles. The molecule has 0 spiro atoms. The van der Waals surface area contributed by atoms with Crippen molar-refractivity contribution >= 4 is 17.9 Å². The van der Waals surface area contributed by atoms with Crippen molar-refractivity contribution in [3.63, 3.8) is 0 Å². The molecule has 1 aliphatic rings. The third kappa shape index (κ3) is 3.57. The Morgan fingerprint density at radius 2 is 2.04 bits per heavy atom. The van der Waals surface area contributed by atoms with Crippen molar-refractivity contribution in [2.75, 3.05) is 13.7 Å². The van der Waals surface area contributed by atoms with Gasteiger partial charge in [0.1, 0.15) is 6.07 Å². The first-order valence-corrected chi connectivity index (χ1v) is 7.88. The van der Waals surface area contributed by atoms with Crippen molar-refractivity contribution in [2.24, 2.45) is 4.99 Å². The van der Waals surface area contributed by atoms with Crippen LogP contribution in [0.1, 0.15) is 16.7 Å².